The third-order valence-electron chi connectivity index (χ3n) is 5.51. The average Bonchev–Trinajstić information content (AvgIpc) is 3.10. The number of nitrogens with zero attached hydrogens (tertiary/aromatic N) is 3. The highest BCUT2D eigenvalue weighted by atomic mass is 32.2. The first-order chi connectivity index (χ1) is 15.4. The molecule has 1 N–H and O–H groups in total. The standard InChI is InChI=1S/C25H28N4O2S/c1-16(2)15-21-24(31)28-22-19-11-7-8-12-20(19)27-25(29(21)22)32-17(3)23(30)26-14-13-18-9-5-4-6-10-18/h4-12,16-17,21H,13-15H2,1-3H3,(H,26,30). The van der Waals surface area contributed by atoms with Crippen LogP contribution in [0.2, 0.25) is 0 Å². The summed E-state index contributed by atoms with van der Waals surface area (Å²) >= 11 is 1.38. The molecule has 2 aliphatic rings. The number of thioether (sulfide) groups is 1. The summed E-state index contributed by atoms with van der Waals surface area (Å²) in [6.45, 7) is 6.64. The molecule has 2 atom stereocenters. The molecule has 0 saturated carbocycles. The van der Waals surface area contributed by atoms with Gasteiger partial charge in [-0.3, -0.25) is 14.5 Å². The van der Waals surface area contributed by atoms with Gasteiger partial charge in [-0.1, -0.05) is 68.1 Å². The molecular weight excluding hydrogens is 420 g/mol. The molecule has 4 rings (SSSR count). The van der Waals surface area contributed by atoms with Crippen molar-refractivity contribution in [3.63, 3.8) is 0 Å². The second-order valence-electron chi connectivity index (χ2n) is 8.49. The average molecular weight is 449 g/mol. The van der Waals surface area contributed by atoms with Crippen molar-refractivity contribution < 1.29 is 9.59 Å². The molecule has 7 heteroatoms. The maximum absolute atomic E-state index is 12.8. The van der Waals surface area contributed by atoms with Gasteiger partial charge in [0.15, 0.2) is 5.17 Å². The second-order valence-corrected chi connectivity index (χ2v) is 9.80. The first-order valence-electron chi connectivity index (χ1n) is 11.0. The fourth-order valence-corrected chi connectivity index (χ4v) is 4.87. The minimum atomic E-state index is -0.377. The lowest BCUT2D eigenvalue weighted by atomic mass is 10.0. The highest BCUT2D eigenvalue weighted by Gasteiger charge is 2.42. The number of benzene rings is 2. The fourth-order valence-electron chi connectivity index (χ4n) is 3.89. The molecule has 0 bridgehead atoms. The largest absolute Gasteiger partial charge is 0.355 e. The van der Waals surface area contributed by atoms with Gasteiger partial charge >= 0.3 is 0 Å². The topological polar surface area (TPSA) is 74.1 Å². The Balaban J connectivity index is 1.49. The van der Waals surface area contributed by atoms with Crippen molar-refractivity contribution in [3.05, 3.63) is 65.7 Å². The monoisotopic (exact) mass is 448 g/mol. The van der Waals surface area contributed by atoms with Crippen LogP contribution in [0.5, 0.6) is 0 Å². The molecule has 0 radical (unpaired) electrons. The van der Waals surface area contributed by atoms with E-state index in [1.807, 2.05) is 54.3 Å². The molecule has 2 heterocycles. The van der Waals surface area contributed by atoms with Gasteiger partial charge in [0.05, 0.1) is 10.9 Å². The zero-order valence-corrected chi connectivity index (χ0v) is 19.4. The van der Waals surface area contributed by atoms with Gasteiger partial charge in [-0.15, -0.1) is 0 Å². The van der Waals surface area contributed by atoms with Crippen LogP contribution < -0.4 is 5.32 Å². The molecule has 2 aliphatic heterocycles. The first-order valence-corrected chi connectivity index (χ1v) is 11.9. The molecular formula is C25H28N4O2S. The molecule has 2 unspecified atom stereocenters. The normalized spacial score (nSPS) is 18.1. The highest BCUT2D eigenvalue weighted by Crippen LogP contribution is 2.36. The van der Waals surface area contributed by atoms with E-state index in [-0.39, 0.29) is 23.1 Å². The maximum atomic E-state index is 12.8. The van der Waals surface area contributed by atoms with Crippen LogP contribution in [-0.2, 0) is 16.0 Å². The lowest BCUT2D eigenvalue weighted by Gasteiger charge is -2.32. The van der Waals surface area contributed by atoms with Crippen LogP contribution in [0.1, 0.15) is 38.3 Å². The Kier molecular flexibility index (Phi) is 6.74. The molecule has 2 amide bonds. The van der Waals surface area contributed by atoms with Gasteiger partial charge in [-0.25, -0.2) is 4.99 Å². The van der Waals surface area contributed by atoms with Gasteiger partial charge in [0.1, 0.15) is 11.9 Å². The number of hydrogen-bond acceptors (Lipinski definition) is 5. The SMILES string of the molecule is CC(C)CC1C(=O)N=C2c3ccccc3N=C(SC(C)C(=O)NCCc3ccccc3)N21. The Labute approximate surface area is 193 Å². The van der Waals surface area contributed by atoms with Gasteiger partial charge in [0.2, 0.25) is 5.91 Å². The summed E-state index contributed by atoms with van der Waals surface area (Å²) in [5, 5.41) is 3.32. The summed E-state index contributed by atoms with van der Waals surface area (Å²) in [5.74, 6) is 0.793. The molecule has 0 saturated heterocycles. The smallest absolute Gasteiger partial charge is 0.270 e. The molecule has 6 nitrogen and oxygen atoms in total. The molecule has 2 aromatic carbocycles. The zero-order chi connectivity index (χ0) is 22.7. The van der Waals surface area contributed by atoms with Crippen molar-refractivity contribution in [2.24, 2.45) is 15.9 Å². The van der Waals surface area contributed by atoms with E-state index in [9.17, 15) is 9.59 Å². The van der Waals surface area contributed by atoms with Crippen LogP contribution >= 0.6 is 11.8 Å². The van der Waals surface area contributed by atoms with Crippen molar-refractivity contribution in [3.8, 4) is 0 Å². The number of amides is 2. The van der Waals surface area contributed by atoms with E-state index < -0.39 is 0 Å². The quantitative estimate of drug-likeness (QED) is 0.690. The summed E-state index contributed by atoms with van der Waals surface area (Å²) in [4.78, 5) is 36.7. The lowest BCUT2D eigenvalue weighted by Crippen LogP contribution is -2.45. The van der Waals surface area contributed by atoms with Gasteiger partial charge in [0.25, 0.3) is 5.91 Å². The van der Waals surface area contributed by atoms with E-state index >= 15 is 0 Å². The molecule has 0 aliphatic carbocycles. The number of hydrogen-bond donors (Lipinski definition) is 1. The Morgan fingerprint density at radius 1 is 1.06 bits per heavy atom. The Bertz CT molecular complexity index is 1060. The molecule has 32 heavy (non-hydrogen) atoms. The number of nitrogens with one attached hydrogen (secondary N) is 1. The van der Waals surface area contributed by atoms with Gasteiger partial charge in [-0.2, -0.15) is 4.99 Å². The van der Waals surface area contributed by atoms with Crippen LogP contribution in [0.15, 0.2) is 64.6 Å². The number of carbonyl (C=O) groups is 2. The van der Waals surface area contributed by atoms with Gasteiger partial charge in [-0.05, 0) is 43.4 Å². The third-order valence-corrected chi connectivity index (χ3v) is 6.58. The van der Waals surface area contributed by atoms with Gasteiger partial charge < -0.3 is 5.32 Å². The summed E-state index contributed by atoms with van der Waals surface area (Å²) in [6.07, 6.45) is 1.47. The van der Waals surface area contributed by atoms with Crippen molar-refractivity contribution in [1.29, 1.82) is 0 Å². The van der Waals surface area contributed by atoms with Crippen LogP contribution in [0.4, 0.5) is 5.69 Å². The zero-order valence-electron chi connectivity index (χ0n) is 18.6. The number of para-hydroxylation sites is 1. The number of amidine groups is 2. The maximum Gasteiger partial charge on any atom is 0.270 e. The number of carbonyl (C=O) groups excluding carboxylic acids is 2. The molecule has 0 aromatic heterocycles. The van der Waals surface area contributed by atoms with Crippen molar-refractivity contribution in [2.45, 2.75) is 44.9 Å². The first kappa shape index (κ1) is 22.3. The Hall–Kier alpha value is -2.93. The minimum Gasteiger partial charge on any atom is -0.355 e. The number of rotatable bonds is 7. The van der Waals surface area contributed by atoms with E-state index in [0.717, 1.165) is 17.7 Å². The summed E-state index contributed by atoms with van der Waals surface area (Å²) in [5.41, 5.74) is 2.82. The molecule has 0 fully saturated rings. The van der Waals surface area contributed by atoms with Crippen molar-refractivity contribution >= 4 is 40.3 Å². The second kappa shape index (κ2) is 9.69. The highest BCUT2D eigenvalue weighted by molar-refractivity contribution is 8.14. The summed E-state index contributed by atoms with van der Waals surface area (Å²) in [6, 6.07) is 17.4. The lowest BCUT2D eigenvalue weighted by molar-refractivity contribution is -0.120. The summed E-state index contributed by atoms with van der Waals surface area (Å²) < 4.78 is 0. The summed E-state index contributed by atoms with van der Waals surface area (Å²) in [7, 11) is 0. The van der Waals surface area contributed by atoms with E-state index in [0.29, 0.717) is 29.9 Å². The minimum absolute atomic E-state index is 0.0445. The number of aliphatic imine (C=N–C) groups is 2. The van der Waals surface area contributed by atoms with Crippen molar-refractivity contribution in [2.75, 3.05) is 6.54 Å². The molecule has 2 aromatic rings. The van der Waals surface area contributed by atoms with E-state index in [4.69, 9.17) is 4.99 Å². The Morgan fingerprint density at radius 2 is 1.78 bits per heavy atom. The van der Waals surface area contributed by atoms with E-state index in [1.54, 1.807) is 0 Å². The van der Waals surface area contributed by atoms with Crippen LogP contribution in [0.3, 0.4) is 0 Å². The number of fused-ring (bicyclic) bond motifs is 3. The predicted octanol–water partition coefficient (Wildman–Crippen LogP) is 4.17. The predicted molar refractivity (Wildman–Crippen MR) is 130 cm³/mol. The molecule has 0 spiro atoms. The van der Waals surface area contributed by atoms with E-state index in [2.05, 4.69) is 36.3 Å². The Morgan fingerprint density at radius 3 is 2.53 bits per heavy atom. The van der Waals surface area contributed by atoms with E-state index in [1.165, 1.54) is 17.3 Å². The van der Waals surface area contributed by atoms with Crippen LogP contribution in [0, 0.1) is 5.92 Å². The van der Waals surface area contributed by atoms with Crippen molar-refractivity contribution in [1.82, 2.24) is 10.2 Å². The van der Waals surface area contributed by atoms with Gasteiger partial charge in [0, 0.05) is 12.1 Å². The molecule has 166 valence electrons. The van der Waals surface area contributed by atoms with Crippen LogP contribution in [-0.4, -0.2) is 45.6 Å². The third kappa shape index (κ3) is 4.78. The fraction of sp³-hybridized carbons (Fsp3) is 0.360. The van der Waals surface area contributed by atoms with Crippen LogP contribution in [0.25, 0.3) is 0 Å².